The van der Waals surface area contributed by atoms with Gasteiger partial charge in [0, 0.05) is 0 Å². The van der Waals surface area contributed by atoms with Crippen LogP contribution in [0.5, 0.6) is 0 Å². The summed E-state index contributed by atoms with van der Waals surface area (Å²) in [5.74, 6) is 0.894. The second-order valence-electron chi connectivity index (χ2n) is 5.47. The van der Waals surface area contributed by atoms with E-state index in [-0.39, 0.29) is 0 Å². The summed E-state index contributed by atoms with van der Waals surface area (Å²) in [4.78, 5) is 0. The van der Waals surface area contributed by atoms with Gasteiger partial charge in [-0.1, -0.05) is 89.5 Å². The van der Waals surface area contributed by atoms with Gasteiger partial charge in [-0.3, -0.25) is 0 Å². The zero-order valence-electron chi connectivity index (χ0n) is 12.3. The molecule has 0 unspecified atom stereocenters. The van der Waals surface area contributed by atoms with E-state index in [1.165, 1.54) is 63.4 Å². The van der Waals surface area contributed by atoms with Gasteiger partial charge in [-0.2, -0.15) is 0 Å². The van der Waals surface area contributed by atoms with Crippen LogP contribution >= 0.6 is 0 Å². The average Bonchev–Trinajstić information content (AvgIpc) is 2.40. The summed E-state index contributed by atoms with van der Waals surface area (Å²) >= 11 is 0. The zero-order chi connectivity index (χ0) is 13.1. The van der Waals surface area contributed by atoms with E-state index >= 15 is 0 Å². The minimum absolute atomic E-state index is 0.894. The van der Waals surface area contributed by atoms with Crippen molar-refractivity contribution < 1.29 is 0 Å². The van der Waals surface area contributed by atoms with Crippen LogP contribution in [0.25, 0.3) is 0 Å². The summed E-state index contributed by atoms with van der Waals surface area (Å²) in [6.07, 6.45) is 12.4. The van der Waals surface area contributed by atoms with E-state index in [2.05, 4.69) is 32.0 Å². The van der Waals surface area contributed by atoms with Crippen molar-refractivity contribution in [3.8, 4) is 0 Å². The molecule has 0 heterocycles. The van der Waals surface area contributed by atoms with E-state index < -0.39 is 0 Å². The lowest BCUT2D eigenvalue weighted by Crippen LogP contribution is -2.05. The highest BCUT2D eigenvalue weighted by Gasteiger charge is 2.09. The summed E-state index contributed by atoms with van der Waals surface area (Å²) in [5, 5.41) is 0. The Kier molecular flexibility index (Phi) is 8.63. The first kappa shape index (κ1) is 15.3. The molecule has 0 saturated carbocycles. The third kappa shape index (κ3) is 6.83. The van der Waals surface area contributed by atoms with Gasteiger partial charge >= 0.3 is 0 Å². The molecule has 0 amide bonds. The second kappa shape index (κ2) is 10.2. The van der Waals surface area contributed by atoms with E-state index in [9.17, 15) is 0 Å². The highest BCUT2D eigenvalue weighted by Crippen LogP contribution is 2.21. The van der Waals surface area contributed by atoms with Crippen molar-refractivity contribution in [2.45, 2.75) is 71.6 Å². The van der Waals surface area contributed by atoms with Crippen molar-refractivity contribution in [1.82, 2.24) is 0 Å². The lowest BCUT2D eigenvalue weighted by atomic mass is 9.89. The standard InChI is InChI=1S/C18H29/c1-3-5-8-12-17(13-9-6-4-2)16-18-14-10-7-11-15-18/h10-11,14-15,17H,3-6,8-9,12-13,16H2,1-2H3. The number of benzene rings is 1. The molecule has 0 aliphatic rings. The van der Waals surface area contributed by atoms with Gasteiger partial charge in [0.05, 0.1) is 0 Å². The van der Waals surface area contributed by atoms with E-state index in [1.54, 1.807) is 0 Å². The lowest BCUT2D eigenvalue weighted by molar-refractivity contribution is 0.408. The molecule has 0 aromatic heterocycles. The van der Waals surface area contributed by atoms with Gasteiger partial charge in [0.25, 0.3) is 0 Å². The van der Waals surface area contributed by atoms with Crippen LogP contribution in [0.15, 0.2) is 24.3 Å². The number of unbranched alkanes of at least 4 members (excludes halogenated alkanes) is 4. The summed E-state index contributed by atoms with van der Waals surface area (Å²) in [7, 11) is 0. The molecule has 18 heavy (non-hydrogen) atoms. The molecule has 0 saturated heterocycles. The topological polar surface area (TPSA) is 0 Å². The Labute approximate surface area is 114 Å². The maximum absolute atomic E-state index is 3.11. The Hall–Kier alpha value is -0.780. The number of hydrogen-bond acceptors (Lipinski definition) is 0. The van der Waals surface area contributed by atoms with Gasteiger partial charge in [0.15, 0.2) is 0 Å². The molecule has 0 bridgehead atoms. The largest absolute Gasteiger partial charge is 0.0654 e. The molecule has 0 nitrogen and oxygen atoms in total. The minimum atomic E-state index is 0.894. The molecule has 1 radical (unpaired) electrons. The fraction of sp³-hybridized carbons (Fsp3) is 0.667. The first-order valence-corrected chi connectivity index (χ1v) is 7.81. The predicted molar refractivity (Wildman–Crippen MR) is 80.8 cm³/mol. The van der Waals surface area contributed by atoms with Crippen LogP contribution < -0.4 is 0 Å². The van der Waals surface area contributed by atoms with Crippen molar-refractivity contribution in [2.75, 3.05) is 0 Å². The Bertz CT molecular complexity index is 265. The summed E-state index contributed by atoms with van der Waals surface area (Å²) in [6, 6.07) is 11.7. The van der Waals surface area contributed by atoms with Crippen molar-refractivity contribution >= 4 is 0 Å². The van der Waals surface area contributed by atoms with Gasteiger partial charge in [0.2, 0.25) is 0 Å². The van der Waals surface area contributed by atoms with Crippen molar-refractivity contribution in [1.29, 1.82) is 0 Å². The highest BCUT2D eigenvalue weighted by atomic mass is 14.1. The monoisotopic (exact) mass is 245 g/mol. The lowest BCUT2D eigenvalue weighted by Gasteiger charge is -2.16. The SMILES string of the molecule is CCCCCC(CCCCC)Cc1cc[c]cc1. The van der Waals surface area contributed by atoms with Gasteiger partial charge in [0.1, 0.15) is 0 Å². The summed E-state index contributed by atoms with van der Waals surface area (Å²) in [5.41, 5.74) is 1.49. The molecule has 101 valence electrons. The zero-order valence-corrected chi connectivity index (χ0v) is 12.3. The van der Waals surface area contributed by atoms with Crippen molar-refractivity contribution in [3.05, 3.63) is 35.9 Å². The maximum atomic E-state index is 3.11. The molecular formula is C18H29. The first-order chi connectivity index (χ1) is 8.86. The second-order valence-corrected chi connectivity index (χ2v) is 5.47. The molecule has 0 spiro atoms. The molecule has 1 aromatic carbocycles. The number of hydrogen-bond donors (Lipinski definition) is 0. The normalized spacial score (nSPS) is 11.1. The smallest absolute Gasteiger partial charge is 0.0184 e. The van der Waals surface area contributed by atoms with Crippen LogP contribution in [-0.4, -0.2) is 0 Å². The molecule has 0 fully saturated rings. The fourth-order valence-corrected chi connectivity index (χ4v) is 2.61. The van der Waals surface area contributed by atoms with Crippen molar-refractivity contribution in [3.63, 3.8) is 0 Å². The summed E-state index contributed by atoms with van der Waals surface area (Å²) in [6.45, 7) is 4.58. The Balaban J connectivity index is 2.37. The molecule has 0 heteroatoms. The summed E-state index contributed by atoms with van der Waals surface area (Å²) < 4.78 is 0. The Morgan fingerprint density at radius 1 is 0.889 bits per heavy atom. The van der Waals surface area contributed by atoms with Gasteiger partial charge in [-0.05, 0) is 24.0 Å². The van der Waals surface area contributed by atoms with E-state index in [4.69, 9.17) is 0 Å². The third-order valence-electron chi connectivity index (χ3n) is 3.74. The Morgan fingerprint density at radius 3 is 1.94 bits per heavy atom. The van der Waals surface area contributed by atoms with Crippen LogP contribution in [0, 0.1) is 12.0 Å². The molecule has 1 rings (SSSR count). The van der Waals surface area contributed by atoms with Gasteiger partial charge in [-0.25, -0.2) is 0 Å². The average molecular weight is 245 g/mol. The first-order valence-electron chi connectivity index (χ1n) is 7.81. The van der Waals surface area contributed by atoms with E-state index in [0.717, 1.165) is 5.92 Å². The van der Waals surface area contributed by atoms with Gasteiger partial charge < -0.3 is 0 Å². The predicted octanol–water partition coefficient (Wildman–Crippen LogP) is 5.81. The number of rotatable bonds is 10. The third-order valence-corrected chi connectivity index (χ3v) is 3.74. The van der Waals surface area contributed by atoms with Crippen LogP contribution in [0.2, 0.25) is 0 Å². The molecule has 0 N–H and O–H groups in total. The van der Waals surface area contributed by atoms with Crippen molar-refractivity contribution in [2.24, 2.45) is 5.92 Å². The quantitative estimate of drug-likeness (QED) is 0.457. The van der Waals surface area contributed by atoms with Crippen LogP contribution in [0.4, 0.5) is 0 Å². The Morgan fingerprint density at radius 2 is 1.44 bits per heavy atom. The maximum Gasteiger partial charge on any atom is -0.0184 e. The molecule has 0 aliphatic heterocycles. The molecule has 0 atom stereocenters. The molecular weight excluding hydrogens is 216 g/mol. The van der Waals surface area contributed by atoms with Crippen LogP contribution in [0.1, 0.15) is 70.8 Å². The van der Waals surface area contributed by atoms with Gasteiger partial charge in [-0.15, -0.1) is 0 Å². The van der Waals surface area contributed by atoms with E-state index in [0.29, 0.717) is 0 Å². The molecule has 1 aromatic rings. The van der Waals surface area contributed by atoms with Crippen LogP contribution in [0.3, 0.4) is 0 Å². The molecule has 0 aliphatic carbocycles. The fourth-order valence-electron chi connectivity index (χ4n) is 2.61. The highest BCUT2D eigenvalue weighted by molar-refractivity contribution is 5.14. The van der Waals surface area contributed by atoms with E-state index in [1.807, 2.05) is 12.1 Å². The minimum Gasteiger partial charge on any atom is -0.0654 e. The van der Waals surface area contributed by atoms with Crippen LogP contribution in [-0.2, 0) is 6.42 Å².